The molecule has 6 heteroatoms. The third-order valence-electron chi connectivity index (χ3n) is 3.22. The van der Waals surface area contributed by atoms with E-state index in [0.717, 1.165) is 18.8 Å². The molecule has 2 rings (SSSR count). The van der Waals surface area contributed by atoms with Crippen LogP contribution in [0.15, 0.2) is 18.2 Å². The number of anilines is 1. The average Bonchev–Trinajstić information content (AvgIpc) is 2.25. The van der Waals surface area contributed by atoms with Gasteiger partial charge in [-0.15, -0.1) is 0 Å². The maximum atomic E-state index is 11.0. The molecule has 1 aromatic rings. The van der Waals surface area contributed by atoms with Crippen LogP contribution < -0.4 is 15.0 Å². The van der Waals surface area contributed by atoms with Crippen LogP contribution in [-0.4, -0.2) is 37.2 Å². The molecule has 0 aromatic heterocycles. The molecule has 1 saturated heterocycles. The minimum atomic E-state index is -0.410. The highest BCUT2D eigenvalue weighted by Crippen LogP contribution is 2.32. The third kappa shape index (κ3) is 2.96. The first-order valence-corrected chi connectivity index (χ1v) is 6.37. The molecule has 1 N–H and O–H groups in total. The molecule has 6 nitrogen and oxygen atoms in total. The molecule has 104 valence electrons. The van der Waals surface area contributed by atoms with Gasteiger partial charge in [-0.1, -0.05) is 0 Å². The maximum Gasteiger partial charge on any atom is 0.311 e. The van der Waals surface area contributed by atoms with Crippen molar-refractivity contribution in [2.75, 3.05) is 25.0 Å². The summed E-state index contributed by atoms with van der Waals surface area (Å²) in [5.74, 6) is 0.330. The highest BCUT2D eigenvalue weighted by Gasteiger charge is 2.24. The van der Waals surface area contributed by atoms with Crippen molar-refractivity contribution < 1.29 is 9.66 Å². The first kappa shape index (κ1) is 13.6. The van der Waals surface area contributed by atoms with Crippen LogP contribution in [0.2, 0.25) is 0 Å². The van der Waals surface area contributed by atoms with Gasteiger partial charge in [0.2, 0.25) is 0 Å². The number of nitro benzene ring substituents is 1. The van der Waals surface area contributed by atoms with Gasteiger partial charge < -0.3 is 15.0 Å². The lowest BCUT2D eigenvalue weighted by Crippen LogP contribution is -2.56. The average molecular weight is 265 g/mol. The van der Waals surface area contributed by atoms with Crippen LogP contribution in [0.1, 0.15) is 13.8 Å². The zero-order valence-corrected chi connectivity index (χ0v) is 11.4. The van der Waals surface area contributed by atoms with Crippen LogP contribution >= 0.6 is 0 Å². The van der Waals surface area contributed by atoms with Crippen molar-refractivity contribution in [3.8, 4) is 5.75 Å². The van der Waals surface area contributed by atoms with Gasteiger partial charge in [-0.25, -0.2) is 0 Å². The van der Waals surface area contributed by atoms with E-state index in [1.807, 2.05) is 20.9 Å². The molecule has 0 bridgehead atoms. The summed E-state index contributed by atoms with van der Waals surface area (Å²) in [5, 5.41) is 14.2. The second-order valence-electron chi connectivity index (χ2n) is 5.00. The summed E-state index contributed by atoms with van der Waals surface area (Å²) in [7, 11) is 1.99. The van der Waals surface area contributed by atoms with Gasteiger partial charge in [0.05, 0.1) is 17.1 Å². The van der Waals surface area contributed by atoms with Crippen LogP contribution in [-0.2, 0) is 0 Å². The lowest BCUT2D eigenvalue weighted by atomic mass is 10.1. The molecule has 0 spiro atoms. The number of rotatable bonds is 5. The Balaban J connectivity index is 2.28. The van der Waals surface area contributed by atoms with Crippen molar-refractivity contribution in [2.24, 2.45) is 0 Å². The first-order chi connectivity index (χ1) is 8.99. The Kier molecular flexibility index (Phi) is 3.90. The van der Waals surface area contributed by atoms with Gasteiger partial charge in [0, 0.05) is 38.0 Å². The molecule has 0 amide bonds. The highest BCUT2D eigenvalue weighted by atomic mass is 16.6. The van der Waals surface area contributed by atoms with Crippen molar-refractivity contribution in [3.63, 3.8) is 0 Å². The van der Waals surface area contributed by atoms with Crippen LogP contribution in [0.3, 0.4) is 0 Å². The lowest BCUT2D eigenvalue weighted by Gasteiger charge is -2.37. The molecular formula is C13H19N3O3. The number of nitrogens with zero attached hydrogens (tertiary/aromatic N) is 2. The topological polar surface area (TPSA) is 67.6 Å². The maximum absolute atomic E-state index is 11.0. The van der Waals surface area contributed by atoms with Gasteiger partial charge >= 0.3 is 5.69 Å². The largest absolute Gasteiger partial charge is 0.484 e. The van der Waals surface area contributed by atoms with Crippen LogP contribution in [0.5, 0.6) is 5.75 Å². The predicted molar refractivity (Wildman–Crippen MR) is 73.9 cm³/mol. The molecule has 1 aromatic carbocycles. The summed E-state index contributed by atoms with van der Waals surface area (Å²) in [6.45, 7) is 5.59. The number of hydrogen-bond acceptors (Lipinski definition) is 5. The minimum Gasteiger partial charge on any atom is -0.484 e. The molecule has 0 aliphatic carbocycles. The number of likely N-dealkylation sites (N-methyl/N-ethyl adjacent to an activating group) is 1. The second-order valence-corrected chi connectivity index (χ2v) is 5.00. The standard InChI is InChI=1S/C13H19N3O3/c1-9(2)19-13-6-10(4-5-12(13)16(17)18)15(3)11-7-14-8-11/h4-6,9,11,14H,7-8H2,1-3H3. The first-order valence-electron chi connectivity index (χ1n) is 6.37. The molecule has 19 heavy (non-hydrogen) atoms. The van der Waals surface area contributed by atoms with E-state index in [9.17, 15) is 10.1 Å². The molecule has 0 unspecified atom stereocenters. The monoisotopic (exact) mass is 265 g/mol. The van der Waals surface area contributed by atoms with Gasteiger partial charge in [0.25, 0.3) is 0 Å². The quantitative estimate of drug-likeness (QED) is 0.649. The second kappa shape index (κ2) is 5.44. The minimum absolute atomic E-state index is 0.0117. The summed E-state index contributed by atoms with van der Waals surface area (Å²) < 4.78 is 5.54. The van der Waals surface area contributed by atoms with E-state index in [0.29, 0.717) is 11.8 Å². The highest BCUT2D eigenvalue weighted by molar-refractivity contribution is 5.59. The van der Waals surface area contributed by atoms with E-state index >= 15 is 0 Å². The number of nitrogens with one attached hydrogen (secondary N) is 1. The van der Waals surface area contributed by atoms with Crippen molar-refractivity contribution >= 4 is 11.4 Å². The lowest BCUT2D eigenvalue weighted by molar-refractivity contribution is -0.386. The molecule has 1 heterocycles. The van der Waals surface area contributed by atoms with Crippen molar-refractivity contribution in [2.45, 2.75) is 26.0 Å². The normalized spacial score (nSPS) is 15.2. The SMILES string of the molecule is CC(C)Oc1cc(N(C)C2CNC2)ccc1[N+](=O)[O-]. The molecular weight excluding hydrogens is 246 g/mol. The summed E-state index contributed by atoms with van der Waals surface area (Å²) >= 11 is 0. The molecule has 1 fully saturated rings. The number of hydrogen-bond donors (Lipinski definition) is 1. The Labute approximate surface area is 112 Å². The fraction of sp³-hybridized carbons (Fsp3) is 0.538. The molecule has 1 aliphatic rings. The van der Waals surface area contributed by atoms with Crippen molar-refractivity contribution in [1.82, 2.24) is 5.32 Å². The molecule has 0 radical (unpaired) electrons. The van der Waals surface area contributed by atoms with Crippen LogP contribution in [0, 0.1) is 10.1 Å². The van der Waals surface area contributed by atoms with E-state index in [-0.39, 0.29) is 11.8 Å². The Bertz CT molecular complexity index is 472. The zero-order valence-electron chi connectivity index (χ0n) is 11.4. The number of ether oxygens (including phenoxy) is 1. The zero-order chi connectivity index (χ0) is 14.0. The summed E-state index contributed by atoms with van der Waals surface area (Å²) in [6, 6.07) is 5.46. The number of benzene rings is 1. The van der Waals surface area contributed by atoms with Gasteiger partial charge in [0.15, 0.2) is 5.75 Å². The van der Waals surface area contributed by atoms with E-state index in [1.165, 1.54) is 6.07 Å². The Morgan fingerprint density at radius 2 is 2.16 bits per heavy atom. The molecule has 0 atom stereocenters. The van der Waals surface area contributed by atoms with Crippen LogP contribution in [0.25, 0.3) is 0 Å². The Morgan fingerprint density at radius 3 is 2.63 bits per heavy atom. The number of nitro groups is 1. The van der Waals surface area contributed by atoms with Gasteiger partial charge in [-0.05, 0) is 19.9 Å². The van der Waals surface area contributed by atoms with E-state index in [2.05, 4.69) is 10.2 Å². The third-order valence-corrected chi connectivity index (χ3v) is 3.22. The van der Waals surface area contributed by atoms with E-state index in [1.54, 1.807) is 12.1 Å². The predicted octanol–water partition coefficient (Wildman–Crippen LogP) is 1.79. The van der Waals surface area contributed by atoms with Gasteiger partial charge in [0.1, 0.15) is 0 Å². The molecule has 0 saturated carbocycles. The van der Waals surface area contributed by atoms with Crippen molar-refractivity contribution in [1.29, 1.82) is 0 Å². The van der Waals surface area contributed by atoms with Crippen LogP contribution in [0.4, 0.5) is 11.4 Å². The van der Waals surface area contributed by atoms with Gasteiger partial charge in [-0.2, -0.15) is 0 Å². The van der Waals surface area contributed by atoms with Crippen molar-refractivity contribution in [3.05, 3.63) is 28.3 Å². The Morgan fingerprint density at radius 1 is 1.47 bits per heavy atom. The summed E-state index contributed by atoms with van der Waals surface area (Å²) in [4.78, 5) is 12.7. The van der Waals surface area contributed by atoms with E-state index in [4.69, 9.17) is 4.74 Å². The fourth-order valence-electron chi connectivity index (χ4n) is 1.98. The van der Waals surface area contributed by atoms with Gasteiger partial charge in [-0.3, -0.25) is 10.1 Å². The molecule has 1 aliphatic heterocycles. The summed E-state index contributed by atoms with van der Waals surface area (Å²) in [6.07, 6.45) is -0.0929. The fourth-order valence-corrected chi connectivity index (χ4v) is 1.98. The smallest absolute Gasteiger partial charge is 0.311 e. The summed E-state index contributed by atoms with van der Waals surface area (Å²) in [5.41, 5.74) is 0.949. The Hall–Kier alpha value is -1.82. The van der Waals surface area contributed by atoms with E-state index < -0.39 is 4.92 Å².